The highest BCUT2D eigenvalue weighted by Gasteiger charge is 2.44. The predicted octanol–water partition coefficient (Wildman–Crippen LogP) is 3.98. The maximum atomic E-state index is 13.6. The predicted molar refractivity (Wildman–Crippen MR) is 75.1 cm³/mol. The average molecular weight is 324 g/mol. The number of rotatable bonds is 3. The molecule has 7 heteroatoms. The summed E-state index contributed by atoms with van der Waals surface area (Å²) in [5.74, 6) is -1.80. The van der Waals surface area contributed by atoms with Crippen LogP contribution in [0.1, 0.15) is 23.5 Å². The molecule has 1 saturated carbocycles. The van der Waals surface area contributed by atoms with Crippen molar-refractivity contribution in [3.05, 3.63) is 59.7 Å². The van der Waals surface area contributed by atoms with Gasteiger partial charge in [0.2, 0.25) is 5.91 Å². The lowest BCUT2D eigenvalue weighted by atomic mass is 10.1. The first-order chi connectivity index (χ1) is 10.9. The molecule has 120 valence electrons. The van der Waals surface area contributed by atoms with Crippen molar-refractivity contribution in [2.45, 2.75) is 18.5 Å². The molecule has 23 heavy (non-hydrogen) atoms. The molecule has 2 atom stereocenters. The van der Waals surface area contributed by atoms with Crippen molar-refractivity contribution in [3.8, 4) is 0 Å². The molecule has 0 radical (unpaired) electrons. The van der Waals surface area contributed by atoms with Gasteiger partial charge in [-0.1, -0.05) is 6.07 Å². The van der Waals surface area contributed by atoms with Crippen molar-refractivity contribution in [1.29, 1.82) is 0 Å². The Morgan fingerprint density at radius 3 is 2.70 bits per heavy atom. The van der Waals surface area contributed by atoms with Gasteiger partial charge in [-0.2, -0.15) is 13.2 Å². The molecular formula is C16H12F4N2O. The summed E-state index contributed by atoms with van der Waals surface area (Å²) in [6.07, 6.45) is -0.773. The lowest BCUT2D eigenvalue weighted by Gasteiger charge is -2.11. The second-order valence-electron chi connectivity index (χ2n) is 5.42. The van der Waals surface area contributed by atoms with Crippen LogP contribution in [0.5, 0.6) is 0 Å². The van der Waals surface area contributed by atoms with Crippen molar-refractivity contribution in [3.63, 3.8) is 0 Å². The van der Waals surface area contributed by atoms with Crippen LogP contribution >= 0.6 is 0 Å². The molecule has 0 aliphatic heterocycles. The number of aromatic nitrogens is 1. The van der Waals surface area contributed by atoms with Gasteiger partial charge in [0.1, 0.15) is 5.82 Å². The molecule has 1 aromatic carbocycles. The highest BCUT2D eigenvalue weighted by molar-refractivity contribution is 5.95. The van der Waals surface area contributed by atoms with Gasteiger partial charge in [0.05, 0.1) is 11.3 Å². The van der Waals surface area contributed by atoms with Crippen molar-refractivity contribution in [1.82, 2.24) is 4.98 Å². The number of halogens is 4. The number of amides is 1. The van der Waals surface area contributed by atoms with Gasteiger partial charge in [0.25, 0.3) is 0 Å². The van der Waals surface area contributed by atoms with Crippen LogP contribution < -0.4 is 5.32 Å². The maximum absolute atomic E-state index is 13.6. The maximum Gasteiger partial charge on any atom is 0.416 e. The number of benzene rings is 1. The first kappa shape index (κ1) is 15.5. The summed E-state index contributed by atoms with van der Waals surface area (Å²) in [7, 11) is 0. The zero-order chi connectivity index (χ0) is 16.6. The number of anilines is 1. The third-order valence-electron chi connectivity index (χ3n) is 3.79. The van der Waals surface area contributed by atoms with E-state index in [2.05, 4.69) is 10.3 Å². The summed E-state index contributed by atoms with van der Waals surface area (Å²) < 4.78 is 51.6. The van der Waals surface area contributed by atoms with Crippen LogP contribution in [-0.4, -0.2) is 10.9 Å². The Morgan fingerprint density at radius 1 is 1.26 bits per heavy atom. The van der Waals surface area contributed by atoms with Crippen LogP contribution in [0.15, 0.2) is 42.7 Å². The molecule has 0 saturated heterocycles. The van der Waals surface area contributed by atoms with Crippen molar-refractivity contribution in [2.75, 3.05) is 5.32 Å². The van der Waals surface area contributed by atoms with E-state index in [0.29, 0.717) is 24.6 Å². The van der Waals surface area contributed by atoms with E-state index in [0.717, 1.165) is 5.56 Å². The molecule has 1 amide bonds. The fourth-order valence-corrected chi connectivity index (χ4v) is 2.47. The molecule has 3 rings (SSSR count). The van der Waals surface area contributed by atoms with E-state index in [9.17, 15) is 22.4 Å². The molecular weight excluding hydrogens is 312 g/mol. The van der Waals surface area contributed by atoms with Gasteiger partial charge in [-0.15, -0.1) is 0 Å². The quantitative estimate of drug-likeness (QED) is 0.868. The van der Waals surface area contributed by atoms with Gasteiger partial charge in [0.15, 0.2) is 0 Å². The molecule has 0 spiro atoms. The van der Waals surface area contributed by atoms with Gasteiger partial charge < -0.3 is 5.32 Å². The highest BCUT2D eigenvalue weighted by Crippen LogP contribution is 2.47. The van der Waals surface area contributed by atoms with Crippen molar-refractivity contribution < 1.29 is 22.4 Å². The lowest BCUT2D eigenvalue weighted by Crippen LogP contribution is -2.16. The summed E-state index contributed by atoms with van der Waals surface area (Å²) in [5, 5.41) is 2.25. The van der Waals surface area contributed by atoms with Crippen LogP contribution in [0.25, 0.3) is 0 Å². The zero-order valence-corrected chi connectivity index (χ0v) is 11.8. The van der Waals surface area contributed by atoms with E-state index in [1.807, 2.05) is 6.07 Å². The Kier molecular flexibility index (Phi) is 3.79. The van der Waals surface area contributed by atoms with Gasteiger partial charge >= 0.3 is 6.18 Å². The van der Waals surface area contributed by atoms with Gasteiger partial charge in [-0.25, -0.2) is 4.39 Å². The number of pyridine rings is 1. The number of hydrogen-bond acceptors (Lipinski definition) is 2. The Morgan fingerprint density at radius 2 is 2.04 bits per heavy atom. The van der Waals surface area contributed by atoms with Crippen LogP contribution in [-0.2, 0) is 11.0 Å². The summed E-state index contributed by atoms with van der Waals surface area (Å²) in [6.45, 7) is 0. The SMILES string of the molecule is O=C(Nc1cc(C(F)(F)F)ccc1F)C1CC1c1cccnc1. The molecule has 1 heterocycles. The van der Waals surface area contributed by atoms with Crippen molar-refractivity contribution >= 4 is 11.6 Å². The van der Waals surface area contributed by atoms with E-state index in [1.165, 1.54) is 0 Å². The number of nitrogens with one attached hydrogen (secondary N) is 1. The number of hydrogen-bond donors (Lipinski definition) is 1. The average Bonchev–Trinajstić information content (AvgIpc) is 3.30. The molecule has 2 unspecified atom stereocenters. The number of carbonyl (C=O) groups excluding carboxylic acids is 1. The van der Waals surface area contributed by atoms with E-state index in [1.54, 1.807) is 18.5 Å². The molecule has 1 N–H and O–H groups in total. The van der Waals surface area contributed by atoms with Crippen LogP contribution in [0.4, 0.5) is 23.2 Å². The fraction of sp³-hybridized carbons (Fsp3) is 0.250. The molecule has 1 aliphatic rings. The first-order valence-electron chi connectivity index (χ1n) is 6.94. The third kappa shape index (κ3) is 3.33. The van der Waals surface area contributed by atoms with E-state index in [4.69, 9.17) is 0 Å². The zero-order valence-electron chi connectivity index (χ0n) is 11.8. The lowest BCUT2D eigenvalue weighted by molar-refractivity contribution is -0.137. The minimum Gasteiger partial charge on any atom is -0.323 e. The van der Waals surface area contributed by atoms with Crippen molar-refractivity contribution in [2.24, 2.45) is 5.92 Å². The topological polar surface area (TPSA) is 42.0 Å². The second-order valence-corrected chi connectivity index (χ2v) is 5.42. The second kappa shape index (κ2) is 5.64. The number of nitrogens with zero attached hydrogens (tertiary/aromatic N) is 1. The highest BCUT2D eigenvalue weighted by atomic mass is 19.4. The Hall–Kier alpha value is -2.44. The summed E-state index contributed by atoms with van der Waals surface area (Å²) in [6, 6.07) is 5.52. The smallest absolute Gasteiger partial charge is 0.323 e. The van der Waals surface area contributed by atoms with E-state index < -0.39 is 29.2 Å². The minimum absolute atomic E-state index is 0.0300. The Bertz CT molecular complexity index is 731. The monoisotopic (exact) mass is 324 g/mol. The fourth-order valence-electron chi connectivity index (χ4n) is 2.47. The summed E-state index contributed by atoms with van der Waals surface area (Å²) >= 11 is 0. The molecule has 1 fully saturated rings. The summed E-state index contributed by atoms with van der Waals surface area (Å²) in [5.41, 5.74) is -0.576. The van der Waals surface area contributed by atoms with Crippen LogP contribution in [0, 0.1) is 11.7 Å². The number of carbonyl (C=O) groups is 1. The van der Waals surface area contributed by atoms with E-state index in [-0.39, 0.29) is 11.8 Å². The summed E-state index contributed by atoms with van der Waals surface area (Å²) in [4.78, 5) is 16.1. The molecule has 2 aromatic rings. The Labute approximate surface area is 129 Å². The van der Waals surface area contributed by atoms with Crippen LogP contribution in [0.3, 0.4) is 0 Å². The molecule has 0 bridgehead atoms. The van der Waals surface area contributed by atoms with E-state index >= 15 is 0 Å². The normalized spacial score (nSPS) is 20.2. The largest absolute Gasteiger partial charge is 0.416 e. The molecule has 1 aliphatic carbocycles. The molecule has 1 aromatic heterocycles. The standard InChI is InChI=1S/C16H12F4N2O/c17-13-4-3-10(16(18,19)20)6-14(13)22-15(23)12-7-11(12)9-2-1-5-21-8-9/h1-6,8,11-12H,7H2,(H,22,23). The van der Waals surface area contributed by atoms with Crippen LogP contribution in [0.2, 0.25) is 0 Å². The number of alkyl halides is 3. The minimum atomic E-state index is -4.59. The van der Waals surface area contributed by atoms with Gasteiger partial charge in [0, 0.05) is 18.3 Å². The first-order valence-corrected chi connectivity index (χ1v) is 6.94. The van der Waals surface area contributed by atoms with Gasteiger partial charge in [-0.3, -0.25) is 9.78 Å². The molecule has 3 nitrogen and oxygen atoms in total. The Balaban J connectivity index is 1.72. The van der Waals surface area contributed by atoms with Gasteiger partial charge in [-0.05, 0) is 42.2 Å². The third-order valence-corrected chi connectivity index (χ3v) is 3.79.